The summed E-state index contributed by atoms with van der Waals surface area (Å²) in [4.78, 5) is 31.0. The zero-order chi connectivity index (χ0) is 21.8. The predicted octanol–water partition coefficient (Wildman–Crippen LogP) is 4.99. The lowest BCUT2D eigenvalue weighted by Crippen LogP contribution is -2.34. The van der Waals surface area contributed by atoms with Gasteiger partial charge in [-0.3, -0.25) is 9.20 Å². The van der Waals surface area contributed by atoms with Gasteiger partial charge in [-0.05, 0) is 56.0 Å². The molecule has 0 spiro atoms. The molecule has 32 heavy (non-hydrogen) atoms. The van der Waals surface area contributed by atoms with Gasteiger partial charge in [0, 0.05) is 30.7 Å². The van der Waals surface area contributed by atoms with Crippen LogP contribution in [0.2, 0.25) is 5.02 Å². The van der Waals surface area contributed by atoms with Gasteiger partial charge in [0.2, 0.25) is 5.78 Å². The largest absolute Gasteiger partial charge is 0.371 e. The van der Waals surface area contributed by atoms with Gasteiger partial charge in [-0.2, -0.15) is 4.98 Å². The fourth-order valence-electron chi connectivity index (χ4n) is 5.63. The average Bonchev–Trinajstić information content (AvgIpc) is 3.44. The number of benzene rings is 2. The van der Waals surface area contributed by atoms with Gasteiger partial charge >= 0.3 is 0 Å². The number of piperidine rings is 1. The van der Waals surface area contributed by atoms with Crippen molar-refractivity contribution < 1.29 is 4.79 Å². The van der Waals surface area contributed by atoms with Crippen LogP contribution in [0.5, 0.6) is 0 Å². The Morgan fingerprint density at radius 2 is 1.75 bits per heavy atom. The smallest absolute Gasteiger partial charge is 0.283 e. The van der Waals surface area contributed by atoms with E-state index in [1.54, 1.807) is 6.07 Å². The third kappa shape index (κ3) is 2.96. The molecule has 6 rings (SSSR count). The highest BCUT2D eigenvalue weighted by atomic mass is 35.5. The molecule has 0 atom stereocenters. The minimum atomic E-state index is -0.274. The second-order valence-corrected chi connectivity index (χ2v) is 9.54. The molecule has 6 nitrogen and oxygen atoms in total. The quantitative estimate of drug-likeness (QED) is 0.414. The Hall–Kier alpha value is -2.86. The van der Waals surface area contributed by atoms with Crippen LogP contribution < -0.4 is 10.5 Å². The summed E-state index contributed by atoms with van der Waals surface area (Å²) in [5.74, 6) is 0.870. The summed E-state index contributed by atoms with van der Waals surface area (Å²) in [5, 5.41) is 0.906. The Morgan fingerprint density at radius 1 is 0.969 bits per heavy atom. The van der Waals surface area contributed by atoms with Crippen molar-refractivity contribution in [2.24, 2.45) is 5.92 Å². The van der Waals surface area contributed by atoms with Crippen LogP contribution >= 0.6 is 11.6 Å². The van der Waals surface area contributed by atoms with Crippen molar-refractivity contribution in [2.75, 3.05) is 18.0 Å². The lowest BCUT2D eigenvalue weighted by molar-refractivity contribution is -0.111. The summed E-state index contributed by atoms with van der Waals surface area (Å²) in [6, 6.07) is 12.5. The maximum Gasteiger partial charge on any atom is 0.283 e. The summed E-state index contributed by atoms with van der Waals surface area (Å²) in [7, 11) is 0. The second kappa shape index (κ2) is 7.62. The lowest BCUT2D eigenvalue weighted by atomic mass is 9.98. The van der Waals surface area contributed by atoms with Gasteiger partial charge in [0.15, 0.2) is 0 Å². The molecule has 2 aromatic carbocycles. The third-order valence-corrected chi connectivity index (χ3v) is 7.62. The second-order valence-electron chi connectivity index (χ2n) is 9.13. The monoisotopic (exact) mass is 448 g/mol. The first-order valence-corrected chi connectivity index (χ1v) is 11.9. The number of nitrogens with zero attached hydrogens (tertiary/aromatic N) is 4. The first kappa shape index (κ1) is 19.8. The Kier molecular flexibility index (Phi) is 4.72. The molecule has 2 aromatic heterocycles. The van der Waals surface area contributed by atoms with Crippen molar-refractivity contribution >= 4 is 51.3 Å². The van der Waals surface area contributed by atoms with E-state index in [1.165, 1.54) is 12.8 Å². The molecule has 3 heterocycles. The minimum Gasteiger partial charge on any atom is -0.371 e. The van der Waals surface area contributed by atoms with Gasteiger partial charge in [0.25, 0.3) is 5.56 Å². The van der Waals surface area contributed by atoms with Crippen LogP contribution in [0.25, 0.3) is 27.7 Å². The van der Waals surface area contributed by atoms with Crippen molar-refractivity contribution in [1.29, 1.82) is 0 Å². The van der Waals surface area contributed by atoms with E-state index in [4.69, 9.17) is 11.6 Å². The molecule has 1 aliphatic heterocycles. The van der Waals surface area contributed by atoms with Gasteiger partial charge in [0.05, 0.1) is 27.0 Å². The summed E-state index contributed by atoms with van der Waals surface area (Å²) >= 11 is 6.41. The highest BCUT2D eigenvalue weighted by Gasteiger charge is 2.26. The Morgan fingerprint density at radius 3 is 2.50 bits per heavy atom. The van der Waals surface area contributed by atoms with Gasteiger partial charge in [-0.25, -0.2) is 0 Å². The van der Waals surface area contributed by atoms with E-state index in [2.05, 4.69) is 37.1 Å². The van der Waals surface area contributed by atoms with Crippen LogP contribution in [0, 0.1) is 5.92 Å². The number of aromatic nitrogens is 3. The van der Waals surface area contributed by atoms with Gasteiger partial charge in [-0.1, -0.05) is 30.5 Å². The standard InChI is InChI=1S/C25H25ClN4O2/c26-19-6-3-7-21-23(19)24(32)27-25-29(17-4-1-2-5-17)22-14-18(8-9-20(22)30(21)25)28-12-10-16(15-31)11-13-28/h3,6-9,14-17H,1-2,4-5,10-13H2. The number of imidazole rings is 1. The molecule has 4 aromatic rings. The van der Waals surface area contributed by atoms with Crippen LogP contribution in [-0.2, 0) is 4.79 Å². The van der Waals surface area contributed by atoms with Crippen molar-refractivity contribution in [1.82, 2.24) is 14.0 Å². The number of hydrogen-bond donors (Lipinski definition) is 0. The minimum absolute atomic E-state index is 0.172. The van der Waals surface area contributed by atoms with Crippen molar-refractivity contribution in [3.05, 3.63) is 51.8 Å². The third-order valence-electron chi connectivity index (χ3n) is 7.31. The van der Waals surface area contributed by atoms with E-state index in [-0.39, 0.29) is 11.5 Å². The summed E-state index contributed by atoms with van der Waals surface area (Å²) in [6.07, 6.45) is 7.46. The highest BCUT2D eigenvalue weighted by Crippen LogP contribution is 2.37. The molecule has 0 bridgehead atoms. The molecule has 2 fully saturated rings. The molecule has 0 radical (unpaired) electrons. The van der Waals surface area contributed by atoms with Crippen LogP contribution in [0.1, 0.15) is 44.6 Å². The van der Waals surface area contributed by atoms with E-state index in [0.29, 0.717) is 22.2 Å². The highest BCUT2D eigenvalue weighted by molar-refractivity contribution is 6.35. The van der Waals surface area contributed by atoms with E-state index in [0.717, 1.165) is 67.3 Å². The fraction of sp³-hybridized carbons (Fsp3) is 0.400. The lowest BCUT2D eigenvalue weighted by Gasteiger charge is -2.31. The van der Waals surface area contributed by atoms with Gasteiger partial charge in [0.1, 0.15) is 6.29 Å². The Bertz CT molecular complexity index is 1410. The fourth-order valence-corrected chi connectivity index (χ4v) is 5.88. The molecule has 0 N–H and O–H groups in total. The molecular weight excluding hydrogens is 424 g/mol. The molecule has 7 heteroatoms. The molecular formula is C25H25ClN4O2. The summed E-state index contributed by atoms with van der Waals surface area (Å²) in [5.41, 5.74) is 3.83. The zero-order valence-electron chi connectivity index (χ0n) is 17.8. The van der Waals surface area contributed by atoms with Gasteiger partial charge < -0.3 is 14.3 Å². The topological polar surface area (TPSA) is 59.6 Å². The summed E-state index contributed by atoms with van der Waals surface area (Å²) in [6.45, 7) is 1.76. The first-order chi connectivity index (χ1) is 15.7. The Balaban J connectivity index is 1.62. The van der Waals surface area contributed by atoms with Crippen LogP contribution in [0.15, 0.2) is 41.2 Å². The molecule has 1 saturated heterocycles. The maximum absolute atomic E-state index is 13.0. The molecule has 0 unspecified atom stereocenters. The molecule has 164 valence electrons. The first-order valence-electron chi connectivity index (χ1n) is 11.5. The number of fused-ring (bicyclic) bond motifs is 5. The van der Waals surface area contributed by atoms with Crippen LogP contribution in [0.3, 0.4) is 0 Å². The maximum atomic E-state index is 13.0. The van der Waals surface area contributed by atoms with Crippen LogP contribution in [-0.4, -0.2) is 33.3 Å². The molecule has 1 saturated carbocycles. The molecule has 1 aliphatic carbocycles. The average molecular weight is 449 g/mol. The van der Waals surface area contributed by atoms with Crippen molar-refractivity contribution in [3.63, 3.8) is 0 Å². The van der Waals surface area contributed by atoms with Crippen LogP contribution in [0.4, 0.5) is 5.69 Å². The normalized spacial score (nSPS) is 18.3. The predicted molar refractivity (Wildman–Crippen MR) is 128 cm³/mol. The molecule has 2 aliphatic rings. The summed E-state index contributed by atoms with van der Waals surface area (Å²) < 4.78 is 4.38. The van der Waals surface area contributed by atoms with E-state index in [1.807, 2.05) is 12.1 Å². The number of carbonyl (C=O) groups excluding carboxylic acids is 1. The van der Waals surface area contributed by atoms with Crippen molar-refractivity contribution in [2.45, 2.75) is 44.6 Å². The molecule has 0 amide bonds. The number of anilines is 1. The van der Waals surface area contributed by atoms with Gasteiger partial charge in [-0.15, -0.1) is 0 Å². The Labute approximate surface area is 190 Å². The number of halogens is 1. The SMILES string of the molecule is O=CC1CCN(c2ccc3c(c2)n(C2CCCC2)c2nc(=O)c4c(Cl)cccc4n32)CC1. The van der Waals surface area contributed by atoms with E-state index >= 15 is 0 Å². The number of carbonyl (C=O) groups is 1. The van der Waals surface area contributed by atoms with E-state index < -0.39 is 0 Å². The zero-order valence-corrected chi connectivity index (χ0v) is 18.6. The number of hydrogen-bond acceptors (Lipinski definition) is 4. The number of rotatable bonds is 3. The van der Waals surface area contributed by atoms with E-state index in [9.17, 15) is 9.59 Å². The van der Waals surface area contributed by atoms with Crippen molar-refractivity contribution in [3.8, 4) is 0 Å². The number of aldehydes is 1.